The van der Waals surface area contributed by atoms with Crippen molar-refractivity contribution in [1.82, 2.24) is 0 Å². The number of phosphoric ester groups is 1. The van der Waals surface area contributed by atoms with Crippen molar-refractivity contribution in [2.24, 2.45) is 5.73 Å². The molecule has 25 heavy (non-hydrogen) atoms. The van der Waals surface area contributed by atoms with Gasteiger partial charge in [-0.3, -0.25) is 4.79 Å². The van der Waals surface area contributed by atoms with E-state index in [4.69, 9.17) is 15.9 Å². The smallest absolute Gasteiger partial charge is 0.438 e. The van der Waals surface area contributed by atoms with Crippen LogP contribution < -0.4 is 5.73 Å². The third-order valence-electron chi connectivity index (χ3n) is 2.53. The first kappa shape index (κ1) is 32.0. The summed E-state index contributed by atoms with van der Waals surface area (Å²) in [5.41, 5.74) is 4.85. The summed E-state index contributed by atoms with van der Waals surface area (Å²) in [5.74, 6) is -0.517. The minimum absolute atomic E-state index is 0. The van der Waals surface area contributed by atoms with Crippen molar-refractivity contribution in [3.8, 4) is 0 Å². The molecule has 0 bridgehead atoms. The predicted molar refractivity (Wildman–Crippen MR) is 101 cm³/mol. The Labute approximate surface area is 152 Å². The molecular formula is C16H38NO7P. The Hall–Kier alpha value is -0.760. The lowest BCUT2D eigenvalue weighted by molar-refractivity contribution is -0.174. The number of carbonyl (C=O) groups is 1. The van der Waals surface area contributed by atoms with Gasteiger partial charge in [0, 0.05) is 6.42 Å². The van der Waals surface area contributed by atoms with Gasteiger partial charge in [-0.15, -0.1) is 4.67 Å². The van der Waals surface area contributed by atoms with Crippen LogP contribution in [0, 0.1) is 0 Å². The van der Waals surface area contributed by atoms with Crippen molar-refractivity contribution in [2.75, 3.05) is 13.3 Å². The molecule has 1 atom stereocenters. The predicted octanol–water partition coefficient (Wildman–Crippen LogP) is 4.64. The summed E-state index contributed by atoms with van der Waals surface area (Å²) < 4.78 is 22.5. The molecule has 8 nitrogen and oxygen atoms in total. The van der Waals surface area contributed by atoms with Crippen LogP contribution in [-0.2, 0) is 23.3 Å². The normalized spacial score (nSPS) is 12.2. The summed E-state index contributed by atoms with van der Waals surface area (Å²) in [6.45, 7) is 3.92. The first-order valence-corrected chi connectivity index (χ1v) is 9.20. The van der Waals surface area contributed by atoms with Crippen molar-refractivity contribution in [3.05, 3.63) is 12.2 Å². The number of phosphoric acid groups is 1. The zero-order valence-electron chi connectivity index (χ0n) is 14.0. The number of hydrogen-bond acceptors (Lipinski definition) is 7. The summed E-state index contributed by atoms with van der Waals surface area (Å²) in [4.78, 5) is 19.8. The van der Waals surface area contributed by atoms with Crippen molar-refractivity contribution >= 4 is 13.8 Å². The van der Waals surface area contributed by atoms with E-state index in [9.17, 15) is 9.36 Å². The highest BCUT2D eigenvalue weighted by molar-refractivity contribution is 7.47. The monoisotopic (exact) mass is 387 g/mol. The maximum absolute atomic E-state index is 11.2. The van der Waals surface area contributed by atoms with E-state index in [1.165, 1.54) is 0 Å². The molecule has 0 rings (SSSR count). The van der Waals surface area contributed by atoms with E-state index in [0.29, 0.717) is 6.42 Å². The fourth-order valence-electron chi connectivity index (χ4n) is 1.48. The van der Waals surface area contributed by atoms with Gasteiger partial charge in [0.15, 0.2) is 0 Å². The molecular weight excluding hydrogens is 349 g/mol. The van der Waals surface area contributed by atoms with Gasteiger partial charge in [0.05, 0.1) is 0 Å². The summed E-state index contributed by atoms with van der Waals surface area (Å²) in [6, 6.07) is 0. The molecule has 0 heterocycles. The summed E-state index contributed by atoms with van der Waals surface area (Å²) in [5, 5.41) is 7.95. The second-order valence-corrected chi connectivity index (χ2v) is 5.96. The van der Waals surface area contributed by atoms with E-state index in [0.717, 1.165) is 38.6 Å². The topological polar surface area (TPSA) is 128 Å². The average molecular weight is 387 g/mol. The van der Waals surface area contributed by atoms with Gasteiger partial charge in [-0.1, -0.05) is 53.2 Å². The molecule has 0 aromatic rings. The molecule has 0 aromatic carbocycles. The molecule has 1 unspecified atom stereocenters. The van der Waals surface area contributed by atoms with E-state index in [2.05, 4.69) is 20.0 Å². The maximum Gasteiger partial charge on any atom is 0.502 e. The van der Waals surface area contributed by atoms with E-state index in [-0.39, 0.29) is 21.3 Å². The van der Waals surface area contributed by atoms with E-state index < -0.39 is 20.6 Å². The second kappa shape index (κ2) is 23.2. The van der Waals surface area contributed by atoms with Gasteiger partial charge in [-0.05, 0) is 32.7 Å². The number of ether oxygens (including phenoxy) is 1. The molecule has 0 saturated carbocycles. The van der Waals surface area contributed by atoms with Gasteiger partial charge >= 0.3 is 13.8 Å². The van der Waals surface area contributed by atoms with Crippen LogP contribution in [0.3, 0.4) is 0 Å². The largest absolute Gasteiger partial charge is 0.502 e. The minimum atomic E-state index is -4.51. The zero-order chi connectivity index (χ0) is 18.0. The number of esters is 1. The molecule has 0 aliphatic heterocycles. The van der Waals surface area contributed by atoms with Gasteiger partial charge in [-0.25, -0.2) is 14.3 Å². The van der Waals surface area contributed by atoms with Crippen LogP contribution in [0.5, 0.6) is 0 Å². The Morgan fingerprint density at radius 2 is 1.68 bits per heavy atom. The molecule has 0 aliphatic rings. The first-order chi connectivity index (χ1) is 10.9. The Bertz CT molecular complexity index is 351. The molecule has 0 spiro atoms. The average Bonchev–Trinajstić information content (AvgIpc) is 2.50. The van der Waals surface area contributed by atoms with Gasteiger partial charge < -0.3 is 15.4 Å². The van der Waals surface area contributed by atoms with Gasteiger partial charge in [0.1, 0.15) is 0 Å². The lowest BCUT2D eigenvalue weighted by Gasteiger charge is -2.08. The fourth-order valence-corrected chi connectivity index (χ4v) is 1.72. The Morgan fingerprint density at radius 3 is 2.20 bits per heavy atom. The highest BCUT2D eigenvalue weighted by atomic mass is 31.2. The Kier molecular flexibility index (Phi) is 29.7. The van der Waals surface area contributed by atoms with Crippen LogP contribution in [0.4, 0.5) is 0 Å². The molecule has 0 fully saturated rings. The van der Waals surface area contributed by atoms with Gasteiger partial charge in [0.25, 0.3) is 0 Å². The third kappa shape index (κ3) is 28.3. The molecule has 0 amide bonds. The molecule has 0 aromatic heterocycles. The molecule has 0 radical (unpaired) electrons. The molecule has 4 N–H and O–H groups in total. The standard InChI is InChI=1S/C12H23O7P.C2H7N.2CH4/c1-2-3-4-5-6-7-8-9-10-12(13)17-11-18-20(15,16)19-14;1-2-3;;/h2-3,14H,4-11H2,1H3,(H,15,16);2-3H2,1H3;2*1H4. The van der Waals surface area contributed by atoms with Crippen LogP contribution in [0.1, 0.15) is 73.6 Å². The highest BCUT2D eigenvalue weighted by Crippen LogP contribution is 2.41. The lowest BCUT2D eigenvalue weighted by atomic mass is 10.1. The number of nitrogens with two attached hydrogens (primary N) is 1. The number of allylic oxidation sites excluding steroid dienone is 2. The van der Waals surface area contributed by atoms with Crippen LogP contribution in [0.25, 0.3) is 0 Å². The lowest BCUT2D eigenvalue weighted by Crippen LogP contribution is -2.07. The molecule has 0 saturated heterocycles. The third-order valence-corrected chi connectivity index (χ3v) is 3.16. The van der Waals surface area contributed by atoms with E-state index in [1.807, 2.05) is 19.9 Å². The molecule has 0 aliphatic carbocycles. The highest BCUT2D eigenvalue weighted by Gasteiger charge is 2.21. The number of carbonyl (C=O) groups excluding carboxylic acids is 1. The van der Waals surface area contributed by atoms with E-state index >= 15 is 0 Å². The van der Waals surface area contributed by atoms with Crippen molar-refractivity contribution in [1.29, 1.82) is 0 Å². The molecule has 9 heteroatoms. The van der Waals surface area contributed by atoms with Crippen LogP contribution >= 0.6 is 7.82 Å². The summed E-state index contributed by atoms with van der Waals surface area (Å²) in [6.07, 6.45) is 10.5. The number of hydrogen-bond donors (Lipinski definition) is 3. The van der Waals surface area contributed by atoms with Crippen LogP contribution in [0.2, 0.25) is 0 Å². The zero-order valence-corrected chi connectivity index (χ0v) is 14.9. The van der Waals surface area contributed by atoms with Crippen LogP contribution in [0.15, 0.2) is 12.2 Å². The van der Waals surface area contributed by atoms with Crippen molar-refractivity contribution in [2.45, 2.75) is 73.6 Å². The second-order valence-electron chi connectivity index (χ2n) is 4.60. The summed E-state index contributed by atoms with van der Waals surface area (Å²) in [7, 11) is -4.51. The Balaban J connectivity index is -0.000000409. The quantitative estimate of drug-likeness (QED) is 0.0840. The van der Waals surface area contributed by atoms with Crippen molar-refractivity contribution in [3.63, 3.8) is 0 Å². The number of rotatable bonds is 12. The molecule has 154 valence electrons. The fraction of sp³-hybridized carbons (Fsp3) is 0.812. The maximum atomic E-state index is 11.2. The van der Waals surface area contributed by atoms with Crippen LogP contribution in [-0.4, -0.2) is 29.5 Å². The Morgan fingerprint density at radius 1 is 1.16 bits per heavy atom. The van der Waals surface area contributed by atoms with Gasteiger partial charge in [0.2, 0.25) is 6.79 Å². The summed E-state index contributed by atoms with van der Waals surface area (Å²) >= 11 is 0. The minimum Gasteiger partial charge on any atom is -0.438 e. The van der Waals surface area contributed by atoms with Crippen molar-refractivity contribution < 1.29 is 33.4 Å². The van der Waals surface area contributed by atoms with E-state index in [1.54, 1.807) is 0 Å². The number of unbranched alkanes of at least 4 members (excludes halogenated alkanes) is 5. The SMILES string of the molecule is C.C.CC=CCCCCCCCC(=O)OCOP(=O)(O)OO.CCN. The van der Waals surface area contributed by atoms with Gasteiger partial charge in [-0.2, -0.15) is 0 Å². The first-order valence-electron chi connectivity index (χ1n) is 7.70.